The van der Waals surface area contributed by atoms with E-state index in [4.69, 9.17) is 10.8 Å². The second-order valence-corrected chi connectivity index (χ2v) is 7.15. The monoisotopic (exact) mass is 298 g/mol. The summed E-state index contributed by atoms with van der Waals surface area (Å²) in [4.78, 5) is 0.336. The van der Waals surface area contributed by atoms with Crippen LogP contribution in [0.1, 0.15) is 18.4 Å². The highest BCUT2D eigenvalue weighted by Gasteiger charge is 2.32. The van der Waals surface area contributed by atoms with Crippen molar-refractivity contribution >= 4 is 10.0 Å². The number of hydrogen-bond acceptors (Lipinski definition) is 4. The molecular formula is C14H22N2O3S. The molecule has 0 aliphatic carbocycles. The van der Waals surface area contributed by atoms with E-state index in [0.717, 1.165) is 18.4 Å². The largest absolute Gasteiger partial charge is 0.396 e. The van der Waals surface area contributed by atoms with Crippen LogP contribution in [0.25, 0.3) is 0 Å². The second kappa shape index (κ2) is 6.67. The fourth-order valence-electron chi connectivity index (χ4n) is 2.58. The molecule has 0 amide bonds. The molecule has 5 nitrogen and oxygen atoms in total. The number of rotatable bonds is 6. The van der Waals surface area contributed by atoms with E-state index >= 15 is 0 Å². The van der Waals surface area contributed by atoms with Crippen molar-refractivity contribution in [1.29, 1.82) is 0 Å². The smallest absolute Gasteiger partial charge is 0.243 e. The van der Waals surface area contributed by atoms with Gasteiger partial charge in [-0.25, -0.2) is 8.42 Å². The lowest BCUT2D eigenvalue weighted by Gasteiger charge is -2.16. The molecule has 1 unspecified atom stereocenters. The fourth-order valence-corrected chi connectivity index (χ4v) is 4.11. The minimum absolute atomic E-state index is 0.117. The molecule has 0 saturated carbocycles. The number of nitrogens with zero attached hydrogens (tertiary/aromatic N) is 1. The van der Waals surface area contributed by atoms with Gasteiger partial charge in [-0.1, -0.05) is 12.1 Å². The molecule has 0 aromatic heterocycles. The van der Waals surface area contributed by atoms with Gasteiger partial charge in [0.05, 0.1) is 4.90 Å². The maximum absolute atomic E-state index is 12.5. The van der Waals surface area contributed by atoms with E-state index in [1.807, 2.05) is 12.1 Å². The van der Waals surface area contributed by atoms with E-state index in [0.29, 0.717) is 31.0 Å². The number of benzene rings is 1. The predicted octanol–water partition coefficient (Wildman–Crippen LogP) is 0.581. The van der Waals surface area contributed by atoms with Crippen LogP contribution in [0.3, 0.4) is 0 Å². The molecule has 6 heteroatoms. The Morgan fingerprint density at radius 3 is 2.60 bits per heavy atom. The molecule has 0 spiro atoms. The zero-order valence-corrected chi connectivity index (χ0v) is 12.3. The van der Waals surface area contributed by atoms with E-state index in [1.54, 1.807) is 12.1 Å². The van der Waals surface area contributed by atoms with Crippen LogP contribution in [0.4, 0.5) is 0 Å². The number of nitrogens with two attached hydrogens (primary N) is 1. The maximum atomic E-state index is 12.5. The summed E-state index contributed by atoms with van der Waals surface area (Å²) in [7, 11) is -3.40. The van der Waals surface area contributed by atoms with Crippen molar-refractivity contribution in [2.24, 2.45) is 11.7 Å². The van der Waals surface area contributed by atoms with Crippen molar-refractivity contribution in [3.8, 4) is 0 Å². The van der Waals surface area contributed by atoms with Crippen LogP contribution in [0.2, 0.25) is 0 Å². The zero-order chi connectivity index (χ0) is 14.6. The summed E-state index contributed by atoms with van der Waals surface area (Å²) >= 11 is 0. The Balaban J connectivity index is 2.10. The lowest BCUT2D eigenvalue weighted by atomic mass is 10.1. The third kappa shape index (κ3) is 3.38. The Morgan fingerprint density at radius 1 is 1.30 bits per heavy atom. The molecule has 2 rings (SSSR count). The van der Waals surface area contributed by atoms with E-state index in [2.05, 4.69) is 0 Å². The molecule has 0 bridgehead atoms. The van der Waals surface area contributed by atoms with Gasteiger partial charge in [-0.15, -0.1) is 0 Å². The first kappa shape index (κ1) is 15.4. The lowest BCUT2D eigenvalue weighted by Crippen LogP contribution is -2.29. The molecule has 1 heterocycles. The third-order valence-electron chi connectivity index (χ3n) is 3.78. The van der Waals surface area contributed by atoms with Crippen molar-refractivity contribution in [3.05, 3.63) is 29.8 Å². The van der Waals surface area contributed by atoms with Gasteiger partial charge in [0, 0.05) is 19.7 Å². The average molecular weight is 298 g/mol. The van der Waals surface area contributed by atoms with Crippen LogP contribution in [0.5, 0.6) is 0 Å². The predicted molar refractivity (Wildman–Crippen MR) is 77.8 cm³/mol. The van der Waals surface area contributed by atoms with Crippen LogP contribution in [0.15, 0.2) is 29.2 Å². The van der Waals surface area contributed by atoms with Crippen LogP contribution in [0, 0.1) is 5.92 Å². The first-order valence-corrected chi connectivity index (χ1v) is 8.42. The summed E-state index contributed by atoms with van der Waals surface area (Å²) in [6.45, 7) is 1.72. The molecule has 1 aromatic carbocycles. The summed E-state index contributed by atoms with van der Waals surface area (Å²) < 4.78 is 26.5. The summed E-state index contributed by atoms with van der Waals surface area (Å²) in [6.07, 6.45) is 2.25. The van der Waals surface area contributed by atoms with Gasteiger partial charge < -0.3 is 10.8 Å². The Labute approximate surface area is 120 Å². The van der Waals surface area contributed by atoms with Gasteiger partial charge in [0.1, 0.15) is 0 Å². The molecule has 3 N–H and O–H groups in total. The standard InChI is InChI=1S/C14H22N2O3S/c15-8-5-12-1-3-14(4-2-12)20(18,19)16-9-6-13(11-16)7-10-17/h1-4,13,17H,5-11,15H2. The highest BCUT2D eigenvalue weighted by molar-refractivity contribution is 7.89. The van der Waals surface area contributed by atoms with Gasteiger partial charge in [0.2, 0.25) is 10.0 Å². The fraction of sp³-hybridized carbons (Fsp3) is 0.571. The van der Waals surface area contributed by atoms with Crippen molar-refractivity contribution in [3.63, 3.8) is 0 Å². The van der Waals surface area contributed by atoms with Gasteiger partial charge in [-0.3, -0.25) is 0 Å². The van der Waals surface area contributed by atoms with Crippen LogP contribution < -0.4 is 5.73 Å². The average Bonchev–Trinajstić information content (AvgIpc) is 2.90. The van der Waals surface area contributed by atoms with E-state index in [9.17, 15) is 8.42 Å². The van der Waals surface area contributed by atoms with E-state index < -0.39 is 10.0 Å². The Kier molecular flexibility index (Phi) is 5.15. The molecule has 1 aromatic rings. The Bertz CT molecular complexity index is 528. The van der Waals surface area contributed by atoms with Crippen LogP contribution in [-0.4, -0.2) is 44.1 Å². The minimum Gasteiger partial charge on any atom is -0.396 e. The normalized spacial score (nSPS) is 20.4. The first-order valence-electron chi connectivity index (χ1n) is 6.98. The molecule has 1 saturated heterocycles. The number of aliphatic hydroxyl groups is 1. The van der Waals surface area contributed by atoms with Gasteiger partial charge in [0.15, 0.2) is 0 Å². The summed E-state index contributed by atoms with van der Waals surface area (Å²) in [5.74, 6) is 0.270. The molecular weight excluding hydrogens is 276 g/mol. The molecule has 112 valence electrons. The minimum atomic E-state index is -3.40. The molecule has 0 radical (unpaired) electrons. The molecule has 1 atom stereocenters. The quantitative estimate of drug-likeness (QED) is 0.805. The van der Waals surface area contributed by atoms with Crippen LogP contribution in [-0.2, 0) is 16.4 Å². The summed E-state index contributed by atoms with van der Waals surface area (Å²) in [5, 5.41) is 8.94. The molecule has 1 aliphatic rings. The van der Waals surface area contributed by atoms with Crippen LogP contribution >= 0.6 is 0 Å². The van der Waals surface area contributed by atoms with Crippen molar-refractivity contribution in [1.82, 2.24) is 4.31 Å². The van der Waals surface area contributed by atoms with Gasteiger partial charge in [-0.2, -0.15) is 4.31 Å². The first-order chi connectivity index (χ1) is 9.57. The third-order valence-corrected chi connectivity index (χ3v) is 5.66. The highest BCUT2D eigenvalue weighted by atomic mass is 32.2. The van der Waals surface area contributed by atoms with Crippen molar-refractivity contribution < 1.29 is 13.5 Å². The molecule has 1 aliphatic heterocycles. The topological polar surface area (TPSA) is 83.6 Å². The van der Waals surface area contributed by atoms with Crippen molar-refractivity contribution in [2.45, 2.75) is 24.2 Å². The lowest BCUT2D eigenvalue weighted by molar-refractivity contribution is 0.259. The Hall–Kier alpha value is -0.950. The SMILES string of the molecule is NCCc1ccc(S(=O)(=O)N2CCC(CCO)C2)cc1. The van der Waals surface area contributed by atoms with Gasteiger partial charge in [0.25, 0.3) is 0 Å². The van der Waals surface area contributed by atoms with Crippen molar-refractivity contribution in [2.75, 3.05) is 26.2 Å². The molecule has 20 heavy (non-hydrogen) atoms. The Morgan fingerprint density at radius 2 is 2.00 bits per heavy atom. The highest BCUT2D eigenvalue weighted by Crippen LogP contribution is 2.26. The summed E-state index contributed by atoms with van der Waals surface area (Å²) in [5.41, 5.74) is 6.53. The zero-order valence-electron chi connectivity index (χ0n) is 11.5. The number of hydrogen-bond donors (Lipinski definition) is 2. The van der Waals surface area contributed by atoms with E-state index in [1.165, 1.54) is 4.31 Å². The number of aliphatic hydroxyl groups excluding tert-OH is 1. The second-order valence-electron chi connectivity index (χ2n) is 5.21. The van der Waals surface area contributed by atoms with Gasteiger partial charge in [-0.05, 0) is 49.4 Å². The summed E-state index contributed by atoms with van der Waals surface area (Å²) in [6, 6.07) is 6.95. The number of sulfonamides is 1. The van der Waals surface area contributed by atoms with E-state index in [-0.39, 0.29) is 12.5 Å². The van der Waals surface area contributed by atoms with Gasteiger partial charge >= 0.3 is 0 Å². The molecule has 1 fully saturated rings. The maximum Gasteiger partial charge on any atom is 0.243 e.